The van der Waals surface area contributed by atoms with Crippen LogP contribution in [0.1, 0.15) is 24.3 Å². The van der Waals surface area contributed by atoms with Crippen molar-refractivity contribution in [1.29, 1.82) is 0 Å². The molecule has 1 aliphatic rings. The van der Waals surface area contributed by atoms with Gasteiger partial charge in [-0.2, -0.15) is 0 Å². The van der Waals surface area contributed by atoms with Gasteiger partial charge in [0.15, 0.2) is 5.96 Å². The van der Waals surface area contributed by atoms with Crippen molar-refractivity contribution in [3.8, 4) is 5.75 Å². The number of guanidine groups is 1. The fraction of sp³-hybridized carbons (Fsp3) is 0.312. The van der Waals surface area contributed by atoms with E-state index in [0.717, 1.165) is 23.0 Å². The van der Waals surface area contributed by atoms with Crippen LogP contribution in [-0.4, -0.2) is 19.1 Å². The lowest BCUT2D eigenvalue weighted by Gasteiger charge is -2.19. The van der Waals surface area contributed by atoms with Gasteiger partial charge in [-0.05, 0) is 25.1 Å². The molecule has 2 aromatic rings. The van der Waals surface area contributed by atoms with E-state index in [9.17, 15) is 0 Å². The van der Waals surface area contributed by atoms with E-state index < -0.39 is 0 Å². The topological polar surface area (TPSA) is 58.8 Å². The number of hydrogen-bond acceptors (Lipinski definition) is 3. The van der Waals surface area contributed by atoms with Gasteiger partial charge in [0.1, 0.15) is 17.6 Å². The maximum absolute atomic E-state index is 5.85. The highest BCUT2D eigenvalue weighted by atomic mass is 127. The van der Waals surface area contributed by atoms with Crippen LogP contribution in [0, 0.1) is 0 Å². The highest BCUT2D eigenvalue weighted by molar-refractivity contribution is 14.0. The predicted molar refractivity (Wildman–Crippen MR) is 96.7 cm³/mol. The van der Waals surface area contributed by atoms with E-state index in [0.29, 0.717) is 6.54 Å². The molecule has 2 N–H and O–H groups in total. The fourth-order valence-electron chi connectivity index (χ4n) is 2.49. The molecule has 0 radical (unpaired) electrons. The Morgan fingerprint density at radius 1 is 1.23 bits per heavy atom. The van der Waals surface area contributed by atoms with Crippen molar-refractivity contribution < 1.29 is 9.15 Å². The summed E-state index contributed by atoms with van der Waals surface area (Å²) in [6, 6.07) is 12.0. The Morgan fingerprint density at radius 2 is 2.05 bits per heavy atom. The molecule has 3 rings (SSSR count). The molecule has 22 heavy (non-hydrogen) atoms. The van der Waals surface area contributed by atoms with Crippen LogP contribution in [0.4, 0.5) is 0 Å². The molecule has 0 fully saturated rings. The third-order valence-corrected chi connectivity index (χ3v) is 3.56. The summed E-state index contributed by atoms with van der Waals surface area (Å²) >= 11 is 0. The van der Waals surface area contributed by atoms with Crippen molar-refractivity contribution in [2.45, 2.75) is 25.6 Å². The number of para-hydroxylation sites is 1. The number of nitrogens with zero attached hydrogens (tertiary/aromatic N) is 1. The van der Waals surface area contributed by atoms with Crippen LogP contribution in [0.15, 0.2) is 52.1 Å². The van der Waals surface area contributed by atoms with Gasteiger partial charge < -0.3 is 19.8 Å². The molecule has 0 aliphatic carbocycles. The van der Waals surface area contributed by atoms with Crippen LogP contribution in [0.2, 0.25) is 0 Å². The first-order valence-electron chi connectivity index (χ1n) is 7.03. The number of nitrogens with one attached hydrogen (secondary N) is 2. The summed E-state index contributed by atoms with van der Waals surface area (Å²) in [4.78, 5) is 4.26. The minimum Gasteiger partial charge on any atom is -0.488 e. The third kappa shape index (κ3) is 3.55. The molecule has 1 aromatic carbocycles. The van der Waals surface area contributed by atoms with Gasteiger partial charge in [0.25, 0.3) is 0 Å². The lowest BCUT2D eigenvalue weighted by atomic mass is 10.1. The average molecular weight is 413 g/mol. The van der Waals surface area contributed by atoms with E-state index in [4.69, 9.17) is 9.15 Å². The number of ether oxygens (including phenoxy) is 1. The van der Waals surface area contributed by atoms with Gasteiger partial charge in [0, 0.05) is 12.6 Å². The van der Waals surface area contributed by atoms with E-state index in [1.165, 1.54) is 0 Å². The highest BCUT2D eigenvalue weighted by Crippen LogP contribution is 2.35. The molecule has 0 saturated carbocycles. The molecule has 118 valence electrons. The second-order valence-electron chi connectivity index (χ2n) is 4.99. The Hall–Kier alpha value is -1.70. The number of benzene rings is 1. The lowest BCUT2D eigenvalue weighted by molar-refractivity contribution is 0.219. The smallest absolute Gasteiger partial charge is 0.191 e. The number of furan rings is 1. The van der Waals surface area contributed by atoms with E-state index in [1.54, 1.807) is 13.3 Å². The summed E-state index contributed by atoms with van der Waals surface area (Å²) < 4.78 is 11.2. The number of rotatable bonds is 3. The predicted octanol–water partition coefficient (Wildman–Crippen LogP) is 3.08. The summed E-state index contributed by atoms with van der Waals surface area (Å²) in [5.74, 6) is 2.53. The molecular weight excluding hydrogens is 393 g/mol. The first-order chi connectivity index (χ1) is 10.3. The van der Waals surface area contributed by atoms with Gasteiger partial charge in [-0.15, -0.1) is 24.0 Å². The molecular formula is C16H20IN3O2. The Kier molecular flexibility index (Phi) is 5.70. The lowest BCUT2D eigenvalue weighted by Crippen LogP contribution is -2.41. The standard InChI is InChI=1S/C16H19N3O2.HI/c1-11-15(13-7-3-4-8-14(13)21-11)19-16(17-2)18-10-12-6-5-9-20-12;/h3-9,11,15H,10H2,1-2H3,(H2,17,18,19);1H. The van der Waals surface area contributed by atoms with Gasteiger partial charge in [-0.3, -0.25) is 4.99 Å². The summed E-state index contributed by atoms with van der Waals surface area (Å²) in [6.07, 6.45) is 1.72. The van der Waals surface area contributed by atoms with Gasteiger partial charge in [-0.1, -0.05) is 18.2 Å². The van der Waals surface area contributed by atoms with Crippen molar-refractivity contribution in [2.24, 2.45) is 4.99 Å². The molecule has 0 bridgehead atoms. The molecule has 0 spiro atoms. The average Bonchev–Trinajstić information content (AvgIpc) is 3.11. The maximum atomic E-state index is 5.85. The second kappa shape index (κ2) is 7.53. The summed E-state index contributed by atoms with van der Waals surface area (Å²) in [5, 5.41) is 6.65. The fourth-order valence-corrected chi connectivity index (χ4v) is 2.49. The number of hydrogen-bond donors (Lipinski definition) is 2. The monoisotopic (exact) mass is 413 g/mol. The van der Waals surface area contributed by atoms with Gasteiger partial charge in [0.05, 0.1) is 18.8 Å². The number of fused-ring (bicyclic) bond motifs is 1. The Balaban J connectivity index is 0.00000176. The third-order valence-electron chi connectivity index (χ3n) is 3.56. The maximum Gasteiger partial charge on any atom is 0.191 e. The molecule has 1 aliphatic heterocycles. The van der Waals surface area contributed by atoms with Crippen molar-refractivity contribution in [3.05, 3.63) is 54.0 Å². The zero-order valence-corrected chi connectivity index (χ0v) is 14.9. The summed E-state index contributed by atoms with van der Waals surface area (Å²) in [7, 11) is 1.75. The molecule has 2 heterocycles. The van der Waals surface area contributed by atoms with Crippen LogP contribution in [0.25, 0.3) is 0 Å². The van der Waals surface area contributed by atoms with E-state index in [1.807, 2.05) is 30.3 Å². The largest absolute Gasteiger partial charge is 0.488 e. The van der Waals surface area contributed by atoms with Crippen molar-refractivity contribution in [1.82, 2.24) is 10.6 Å². The second-order valence-corrected chi connectivity index (χ2v) is 4.99. The first-order valence-corrected chi connectivity index (χ1v) is 7.03. The Morgan fingerprint density at radius 3 is 2.77 bits per heavy atom. The molecule has 2 atom stereocenters. The zero-order valence-electron chi connectivity index (χ0n) is 12.6. The molecule has 5 nitrogen and oxygen atoms in total. The van der Waals surface area contributed by atoms with Crippen molar-refractivity contribution >= 4 is 29.9 Å². The molecule has 0 amide bonds. The first kappa shape index (κ1) is 16.7. The normalized spacial score (nSPS) is 19.8. The Bertz CT molecular complexity index is 628. The van der Waals surface area contributed by atoms with Crippen molar-refractivity contribution in [3.63, 3.8) is 0 Å². The van der Waals surface area contributed by atoms with Crippen LogP contribution >= 0.6 is 24.0 Å². The van der Waals surface area contributed by atoms with Crippen LogP contribution in [0.5, 0.6) is 5.75 Å². The molecule has 1 aromatic heterocycles. The quantitative estimate of drug-likeness (QED) is 0.462. The van der Waals surface area contributed by atoms with E-state index in [-0.39, 0.29) is 36.1 Å². The Labute approximate surface area is 147 Å². The van der Waals surface area contributed by atoms with Crippen molar-refractivity contribution in [2.75, 3.05) is 7.05 Å². The van der Waals surface area contributed by atoms with E-state index in [2.05, 4.69) is 28.6 Å². The van der Waals surface area contributed by atoms with Gasteiger partial charge in [-0.25, -0.2) is 0 Å². The molecule has 0 saturated heterocycles. The number of aliphatic imine (C=N–C) groups is 1. The SMILES string of the molecule is CN=C(NCc1ccco1)NC1c2ccccc2OC1C.I. The minimum atomic E-state index is 0. The number of halogens is 1. The highest BCUT2D eigenvalue weighted by Gasteiger charge is 2.31. The zero-order chi connectivity index (χ0) is 14.7. The minimum absolute atomic E-state index is 0. The van der Waals surface area contributed by atoms with E-state index >= 15 is 0 Å². The van der Waals surface area contributed by atoms with Crippen LogP contribution < -0.4 is 15.4 Å². The van der Waals surface area contributed by atoms with Crippen LogP contribution in [-0.2, 0) is 6.54 Å². The van der Waals surface area contributed by atoms with Gasteiger partial charge in [0.2, 0.25) is 0 Å². The summed E-state index contributed by atoms with van der Waals surface area (Å²) in [6.45, 7) is 2.65. The van der Waals surface area contributed by atoms with Crippen LogP contribution in [0.3, 0.4) is 0 Å². The van der Waals surface area contributed by atoms with Gasteiger partial charge >= 0.3 is 0 Å². The molecule has 6 heteroatoms. The summed E-state index contributed by atoms with van der Waals surface area (Å²) in [5.41, 5.74) is 1.16. The molecule has 2 unspecified atom stereocenters.